The van der Waals surface area contributed by atoms with Gasteiger partial charge in [0.2, 0.25) is 0 Å². The molecule has 0 aromatic carbocycles. The van der Waals surface area contributed by atoms with Gasteiger partial charge in [0.05, 0.1) is 19.8 Å². The van der Waals surface area contributed by atoms with Gasteiger partial charge in [-0.1, -0.05) is 152 Å². The van der Waals surface area contributed by atoms with Gasteiger partial charge in [-0.05, 0) is 51.4 Å². The molecule has 15 nitrogen and oxygen atoms in total. The van der Waals surface area contributed by atoms with Crippen molar-refractivity contribution >= 4 is 11.9 Å². The van der Waals surface area contributed by atoms with Gasteiger partial charge in [-0.25, -0.2) is 0 Å². The van der Waals surface area contributed by atoms with Crippen molar-refractivity contribution in [3.8, 4) is 0 Å². The molecular weight excluding hydrogens is 853 g/mol. The molecule has 2 aliphatic rings. The normalized spacial score (nSPS) is 26.7. The summed E-state index contributed by atoms with van der Waals surface area (Å²) in [7, 11) is 0. The van der Waals surface area contributed by atoms with Crippen LogP contribution in [-0.4, -0.2) is 142 Å². The molecule has 0 aliphatic carbocycles. The lowest BCUT2D eigenvalue weighted by Crippen LogP contribution is -2.61. The molecule has 11 atom stereocenters. The van der Waals surface area contributed by atoms with Gasteiger partial charge in [-0.2, -0.15) is 0 Å². The van der Waals surface area contributed by atoms with Crippen molar-refractivity contribution in [1.82, 2.24) is 0 Å². The summed E-state index contributed by atoms with van der Waals surface area (Å²) >= 11 is 0. The molecule has 2 saturated heterocycles. The highest BCUT2D eigenvalue weighted by Gasteiger charge is 2.47. The number of aliphatic hydroxyl groups is 7. The largest absolute Gasteiger partial charge is 0.462 e. The zero-order valence-corrected chi connectivity index (χ0v) is 39.9. The Balaban J connectivity index is 1.85. The molecule has 2 fully saturated rings. The number of hydrogen-bond donors (Lipinski definition) is 7. The number of allylic oxidation sites excluding steroid dienone is 10. The number of ether oxygens (including phenoxy) is 6. The smallest absolute Gasteiger partial charge is 0.306 e. The molecule has 0 aromatic rings. The Labute approximate surface area is 394 Å². The summed E-state index contributed by atoms with van der Waals surface area (Å²) in [4.78, 5) is 25.7. The van der Waals surface area contributed by atoms with Crippen LogP contribution >= 0.6 is 0 Å². The van der Waals surface area contributed by atoms with Crippen LogP contribution in [0.4, 0.5) is 0 Å². The standard InChI is InChI=1S/C51H86O15/c1-3-5-7-9-11-13-15-17-18-19-20-22-23-25-27-29-31-33-42(53)61-36-39(64-43(54)34-32-30-28-26-24-21-16-14-12-10-8-6-4-2)37-62-50-49(60)47(58)45(56)41(66-50)38-63-51-48(59)46(57)44(55)40(35-52)65-51/h5,7,11,13,17-18,20,22,25,27,39-41,44-52,55-60H,3-4,6,8-10,12,14-16,19,21,23-24,26,28-38H2,1-2H3/t39-,40-,41-,44+,45+,46+,47+,48-,49-,50-,51+/m1/s1. The Kier molecular flexibility index (Phi) is 34.2. The SMILES string of the molecule is CCC=CCC=CCC=CCC=CCC=CCCCC(=O)OC[C@H](CO[C@@H]1O[C@H](CO[C@H]2O[C@H](CO)[C@H](O)[C@H](O)[C@H]2O)[C@H](O)[C@H](O)[C@H]1O)OC(=O)CCCCCCCCCCCCCCC. The molecule has 15 heteroatoms. The maximum absolute atomic E-state index is 13.0. The lowest BCUT2D eigenvalue weighted by Gasteiger charge is -2.42. The Morgan fingerprint density at radius 2 is 0.955 bits per heavy atom. The zero-order valence-electron chi connectivity index (χ0n) is 39.9. The quantitative estimate of drug-likeness (QED) is 0.0201. The van der Waals surface area contributed by atoms with Crippen LogP contribution in [0.3, 0.4) is 0 Å². The first-order chi connectivity index (χ1) is 32.0. The molecule has 2 aliphatic heterocycles. The van der Waals surface area contributed by atoms with E-state index >= 15 is 0 Å². The van der Waals surface area contributed by atoms with E-state index in [1.807, 2.05) is 12.2 Å². The van der Waals surface area contributed by atoms with E-state index in [2.05, 4.69) is 62.5 Å². The molecule has 0 spiro atoms. The van der Waals surface area contributed by atoms with Crippen molar-refractivity contribution in [3.05, 3.63) is 60.8 Å². The minimum atomic E-state index is -1.77. The van der Waals surface area contributed by atoms with Crippen LogP contribution in [0.2, 0.25) is 0 Å². The van der Waals surface area contributed by atoms with E-state index < -0.39 is 99.3 Å². The summed E-state index contributed by atoms with van der Waals surface area (Å²) in [6.07, 6.45) is 25.4. The molecule has 0 amide bonds. The molecule has 0 aromatic heterocycles. The zero-order chi connectivity index (χ0) is 48.2. The van der Waals surface area contributed by atoms with Gasteiger partial charge in [0.15, 0.2) is 18.7 Å². The van der Waals surface area contributed by atoms with Crippen LogP contribution < -0.4 is 0 Å². The van der Waals surface area contributed by atoms with Gasteiger partial charge in [0, 0.05) is 12.8 Å². The Morgan fingerprint density at radius 1 is 0.500 bits per heavy atom. The Bertz CT molecular complexity index is 1380. The predicted octanol–water partition coefficient (Wildman–Crippen LogP) is 6.49. The van der Waals surface area contributed by atoms with E-state index in [1.165, 1.54) is 57.8 Å². The average Bonchev–Trinajstić information content (AvgIpc) is 3.31. The van der Waals surface area contributed by atoms with Gasteiger partial charge >= 0.3 is 11.9 Å². The highest BCUT2D eigenvalue weighted by molar-refractivity contribution is 5.70. The molecule has 380 valence electrons. The molecule has 0 saturated carbocycles. The van der Waals surface area contributed by atoms with Crippen molar-refractivity contribution < 1.29 is 73.8 Å². The second-order valence-corrected chi connectivity index (χ2v) is 17.3. The van der Waals surface area contributed by atoms with Crippen molar-refractivity contribution in [1.29, 1.82) is 0 Å². The van der Waals surface area contributed by atoms with Crippen LogP contribution in [0.1, 0.15) is 155 Å². The minimum absolute atomic E-state index is 0.138. The topological polar surface area (TPSA) is 231 Å². The summed E-state index contributed by atoms with van der Waals surface area (Å²) < 4.78 is 33.5. The Hall–Kier alpha value is -2.80. The van der Waals surface area contributed by atoms with Gasteiger partial charge in [0.25, 0.3) is 0 Å². The second-order valence-electron chi connectivity index (χ2n) is 17.3. The van der Waals surface area contributed by atoms with E-state index in [-0.39, 0.29) is 19.4 Å². The van der Waals surface area contributed by atoms with Crippen LogP contribution in [0.25, 0.3) is 0 Å². The molecule has 0 bridgehead atoms. The van der Waals surface area contributed by atoms with Gasteiger partial charge < -0.3 is 64.2 Å². The van der Waals surface area contributed by atoms with Crippen molar-refractivity contribution in [2.75, 3.05) is 26.4 Å². The van der Waals surface area contributed by atoms with Crippen molar-refractivity contribution in [2.45, 2.75) is 223 Å². The minimum Gasteiger partial charge on any atom is -0.462 e. The van der Waals surface area contributed by atoms with E-state index in [4.69, 9.17) is 28.4 Å². The third-order valence-electron chi connectivity index (χ3n) is 11.5. The summed E-state index contributed by atoms with van der Waals surface area (Å²) in [6.45, 7) is 2.40. The van der Waals surface area contributed by atoms with E-state index in [9.17, 15) is 45.3 Å². The first kappa shape index (κ1) is 59.3. The van der Waals surface area contributed by atoms with Crippen LogP contribution in [0.15, 0.2) is 60.8 Å². The summed E-state index contributed by atoms with van der Waals surface area (Å²) in [5, 5.41) is 72.0. The average molecular weight is 939 g/mol. The fraction of sp³-hybridized carbons (Fsp3) is 0.765. The molecule has 2 heterocycles. The number of rotatable bonds is 37. The van der Waals surface area contributed by atoms with Crippen molar-refractivity contribution in [2.24, 2.45) is 0 Å². The van der Waals surface area contributed by atoms with E-state index in [1.54, 1.807) is 0 Å². The van der Waals surface area contributed by atoms with Crippen LogP contribution in [0.5, 0.6) is 0 Å². The number of carbonyl (C=O) groups excluding carboxylic acids is 2. The number of hydrogen-bond acceptors (Lipinski definition) is 15. The van der Waals surface area contributed by atoms with Crippen LogP contribution in [0, 0.1) is 0 Å². The van der Waals surface area contributed by atoms with Gasteiger partial charge in [0.1, 0.15) is 55.4 Å². The fourth-order valence-electron chi connectivity index (χ4n) is 7.43. The fourth-order valence-corrected chi connectivity index (χ4v) is 7.43. The lowest BCUT2D eigenvalue weighted by atomic mass is 9.98. The molecular formula is C51H86O15. The van der Waals surface area contributed by atoms with E-state index in [0.717, 1.165) is 51.4 Å². The number of unbranched alkanes of at least 4 members (excludes halogenated alkanes) is 13. The third-order valence-corrected chi connectivity index (χ3v) is 11.5. The molecule has 2 rings (SSSR count). The van der Waals surface area contributed by atoms with Crippen LogP contribution in [-0.2, 0) is 38.0 Å². The van der Waals surface area contributed by atoms with Crippen molar-refractivity contribution in [3.63, 3.8) is 0 Å². The third kappa shape index (κ3) is 26.1. The maximum atomic E-state index is 13.0. The number of carbonyl (C=O) groups is 2. The molecule has 7 N–H and O–H groups in total. The van der Waals surface area contributed by atoms with Gasteiger partial charge in [-0.3, -0.25) is 9.59 Å². The second kappa shape index (κ2) is 38.1. The van der Waals surface area contributed by atoms with Gasteiger partial charge in [-0.15, -0.1) is 0 Å². The monoisotopic (exact) mass is 939 g/mol. The predicted molar refractivity (Wildman–Crippen MR) is 252 cm³/mol. The highest BCUT2D eigenvalue weighted by Crippen LogP contribution is 2.26. The lowest BCUT2D eigenvalue weighted by molar-refractivity contribution is -0.332. The van der Waals surface area contributed by atoms with E-state index in [0.29, 0.717) is 19.3 Å². The summed E-state index contributed by atoms with van der Waals surface area (Å²) in [6, 6.07) is 0. The maximum Gasteiger partial charge on any atom is 0.306 e. The number of aliphatic hydroxyl groups excluding tert-OH is 7. The first-order valence-electron chi connectivity index (χ1n) is 24.9. The summed E-state index contributed by atoms with van der Waals surface area (Å²) in [5.74, 6) is -0.995. The first-order valence-corrected chi connectivity index (χ1v) is 24.9. The Morgan fingerprint density at radius 3 is 1.48 bits per heavy atom. The highest BCUT2D eigenvalue weighted by atomic mass is 16.7. The molecule has 0 unspecified atom stereocenters. The molecule has 66 heavy (non-hydrogen) atoms. The summed E-state index contributed by atoms with van der Waals surface area (Å²) in [5.41, 5.74) is 0. The molecule has 0 radical (unpaired) electrons. The number of esters is 2.